The minimum absolute atomic E-state index is 0.301. The number of hydrogen-bond acceptors (Lipinski definition) is 5. The molecule has 0 aliphatic heterocycles. The van der Waals surface area contributed by atoms with Gasteiger partial charge in [0.25, 0.3) is 5.91 Å². The number of aryl methyl sites for hydroxylation is 2. The lowest BCUT2D eigenvalue weighted by molar-refractivity contribution is -0.156. The number of rotatable bonds is 5. The number of nitrogens with one attached hydrogen (secondary N) is 2. The lowest BCUT2D eigenvalue weighted by Gasteiger charge is -2.21. The summed E-state index contributed by atoms with van der Waals surface area (Å²) in [5.41, 5.74) is 2.08. The van der Waals surface area contributed by atoms with Crippen molar-refractivity contribution < 1.29 is 23.9 Å². The molecule has 0 unspecified atom stereocenters. The van der Waals surface area contributed by atoms with Gasteiger partial charge in [0.1, 0.15) is 5.75 Å². The molecule has 26 heavy (non-hydrogen) atoms. The molecule has 0 spiro atoms. The molecule has 7 heteroatoms. The van der Waals surface area contributed by atoms with Crippen molar-refractivity contribution in [2.75, 3.05) is 6.61 Å². The molecule has 0 radical (unpaired) electrons. The molecule has 1 aliphatic rings. The van der Waals surface area contributed by atoms with Gasteiger partial charge in [0.2, 0.25) is 0 Å². The number of hydrogen-bond donors (Lipinski definition) is 2. The molecule has 7 nitrogen and oxygen atoms in total. The van der Waals surface area contributed by atoms with E-state index in [0.717, 1.165) is 19.3 Å². The van der Waals surface area contributed by atoms with Crippen LogP contribution in [0.15, 0.2) is 18.2 Å². The van der Waals surface area contributed by atoms with E-state index in [4.69, 9.17) is 9.47 Å². The topological polar surface area (TPSA) is 93.7 Å². The average Bonchev–Trinajstić information content (AvgIpc) is 2.98. The van der Waals surface area contributed by atoms with Crippen LogP contribution in [0.2, 0.25) is 0 Å². The highest BCUT2D eigenvalue weighted by Gasteiger charge is 2.22. The Morgan fingerprint density at radius 1 is 1.15 bits per heavy atom. The third-order valence-corrected chi connectivity index (χ3v) is 3.83. The van der Waals surface area contributed by atoms with Crippen molar-refractivity contribution in [2.45, 2.75) is 58.6 Å². The molecule has 0 bridgehead atoms. The molecule has 1 aromatic carbocycles. The summed E-state index contributed by atoms with van der Waals surface area (Å²) >= 11 is 0. The van der Waals surface area contributed by atoms with Crippen molar-refractivity contribution in [1.29, 1.82) is 0 Å². The Hall–Kier alpha value is -2.57. The lowest BCUT2D eigenvalue weighted by Crippen LogP contribution is -2.50. The predicted octanol–water partition coefficient (Wildman–Crippen LogP) is 2.11. The van der Waals surface area contributed by atoms with E-state index in [2.05, 4.69) is 10.6 Å². The van der Waals surface area contributed by atoms with E-state index in [1.165, 1.54) is 18.1 Å². The van der Waals surface area contributed by atoms with Gasteiger partial charge in [-0.25, -0.2) is 9.59 Å². The molecule has 0 saturated carbocycles. The maximum Gasteiger partial charge on any atom is 0.344 e. The summed E-state index contributed by atoms with van der Waals surface area (Å²) in [5.74, 6) is -0.772. The first-order chi connectivity index (χ1) is 12.1. The molecule has 0 aromatic heterocycles. The number of urea groups is 1. The SMILES string of the molecule is C[C@@H](OC(=O)COc1ccc2c(c1)CCC2)C(=O)NC(=O)NC(C)(C)C. The fourth-order valence-electron chi connectivity index (χ4n) is 2.65. The highest BCUT2D eigenvalue weighted by molar-refractivity contribution is 5.97. The Labute approximate surface area is 153 Å². The predicted molar refractivity (Wildman–Crippen MR) is 95.9 cm³/mol. The molecule has 2 N–H and O–H groups in total. The summed E-state index contributed by atoms with van der Waals surface area (Å²) in [6.45, 7) is 6.46. The summed E-state index contributed by atoms with van der Waals surface area (Å²) in [5, 5.41) is 4.73. The molecule has 3 amide bonds. The van der Waals surface area contributed by atoms with Crippen LogP contribution in [0.5, 0.6) is 5.75 Å². The van der Waals surface area contributed by atoms with Gasteiger partial charge in [-0.05, 0) is 70.2 Å². The summed E-state index contributed by atoms with van der Waals surface area (Å²) in [6.07, 6.45) is 2.13. The molecule has 0 saturated heterocycles. The highest BCUT2D eigenvalue weighted by atomic mass is 16.6. The van der Waals surface area contributed by atoms with Gasteiger partial charge in [0.15, 0.2) is 12.7 Å². The number of amides is 3. The molecular formula is C19H26N2O5. The van der Waals surface area contributed by atoms with Gasteiger partial charge in [0.05, 0.1) is 0 Å². The first-order valence-corrected chi connectivity index (χ1v) is 8.71. The number of ether oxygens (including phenoxy) is 2. The van der Waals surface area contributed by atoms with Crippen LogP contribution in [0.1, 0.15) is 45.2 Å². The summed E-state index contributed by atoms with van der Waals surface area (Å²) < 4.78 is 10.4. The van der Waals surface area contributed by atoms with Crippen molar-refractivity contribution in [3.63, 3.8) is 0 Å². The van der Waals surface area contributed by atoms with Gasteiger partial charge in [-0.15, -0.1) is 0 Å². The Morgan fingerprint density at radius 3 is 2.54 bits per heavy atom. The number of fused-ring (bicyclic) bond motifs is 1. The van der Waals surface area contributed by atoms with Crippen LogP contribution in [0.3, 0.4) is 0 Å². The quantitative estimate of drug-likeness (QED) is 0.783. The zero-order valence-corrected chi connectivity index (χ0v) is 15.7. The third kappa shape index (κ3) is 6.06. The van der Waals surface area contributed by atoms with Crippen molar-refractivity contribution in [1.82, 2.24) is 10.6 Å². The normalized spacial score (nSPS) is 14.2. The Morgan fingerprint density at radius 2 is 1.85 bits per heavy atom. The molecule has 0 heterocycles. The minimum Gasteiger partial charge on any atom is -0.482 e. The molecule has 2 rings (SSSR count). The van der Waals surface area contributed by atoms with Gasteiger partial charge >= 0.3 is 12.0 Å². The van der Waals surface area contributed by atoms with Gasteiger partial charge < -0.3 is 14.8 Å². The second-order valence-electron chi connectivity index (χ2n) is 7.40. The summed E-state index contributed by atoms with van der Waals surface area (Å²) in [6, 6.07) is 5.12. The fourth-order valence-corrected chi connectivity index (χ4v) is 2.65. The van der Waals surface area contributed by atoms with E-state index in [1.807, 2.05) is 18.2 Å². The molecule has 142 valence electrons. The second kappa shape index (κ2) is 8.21. The minimum atomic E-state index is -1.10. The Balaban J connectivity index is 1.76. The van der Waals surface area contributed by atoms with Crippen LogP contribution in [0.4, 0.5) is 4.79 Å². The second-order valence-corrected chi connectivity index (χ2v) is 7.40. The number of esters is 1. The van der Waals surface area contributed by atoms with Crippen LogP contribution < -0.4 is 15.4 Å². The maximum atomic E-state index is 11.9. The van der Waals surface area contributed by atoms with Gasteiger partial charge in [-0.2, -0.15) is 0 Å². The summed E-state index contributed by atoms with van der Waals surface area (Å²) in [4.78, 5) is 35.4. The number of benzene rings is 1. The van der Waals surface area contributed by atoms with Gasteiger partial charge in [0, 0.05) is 5.54 Å². The highest BCUT2D eigenvalue weighted by Crippen LogP contribution is 2.25. The van der Waals surface area contributed by atoms with Crippen molar-refractivity contribution in [2.24, 2.45) is 0 Å². The smallest absolute Gasteiger partial charge is 0.344 e. The van der Waals surface area contributed by atoms with Crippen LogP contribution in [-0.4, -0.2) is 36.2 Å². The molecule has 1 aliphatic carbocycles. The van der Waals surface area contributed by atoms with Crippen LogP contribution in [-0.2, 0) is 27.2 Å². The van der Waals surface area contributed by atoms with Crippen LogP contribution in [0.25, 0.3) is 0 Å². The van der Waals surface area contributed by atoms with E-state index in [1.54, 1.807) is 20.8 Å². The number of imide groups is 1. The zero-order chi connectivity index (χ0) is 19.3. The Bertz CT molecular complexity index is 694. The third-order valence-electron chi connectivity index (χ3n) is 3.83. The van der Waals surface area contributed by atoms with Gasteiger partial charge in [-0.3, -0.25) is 10.1 Å². The first-order valence-electron chi connectivity index (χ1n) is 8.71. The maximum absolute atomic E-state index is 11.9. The monoisotopic (exact) mass is 362 g/mol. The van der Waals surface area contributed by atoms with E-state index in [0.29, 0.717) is 5.75 Å². The van der Waals surface area contributed by atoms with E-state index in [9.17, 15) is 14.4 Å². The fraction of sp³-hybridized carbons (Fsp3) is 0.526. The first kappa shape index (κ1) is 19.8. The number of carbonyl (C=O) groups is 3. The van der Waals surface area contributed by atoms with Gasteiger partial charge in [-0.1, -0.05) is 6.07 Å². The molecular weight excluding hydrogens is 336 g/mol. The average molecular weight is 362 g/mol. The largest absolute Gasteiger partial charge is 0.482 e. The van der Waals surface area contributed by atoms with Crippen molar-refractivity contribution >= 4 is 17.9 Å². The van der Waals surface area contributed by atoms with E-state index in [-0.39, 0.29) is 6.61 Å². The zero-order valence-electron chi connectivity index (χ0n) is 15.7. The lowest BCUT2D eigenvalue weighted by atomic mass is 10.1. The summed E-state index contributed by atoms with van der Waals surface area (Å²) in [7, 11) is 0. The van der Waals surface area contributed by atoms with Crippen molar-refractivity contribution in [3.05, 3.63) is 29.3 Å². The number of carbonyl (C=O) groups excluding carboxylic acids is 3. The molecule has 1 aromatic rings. The molecule has 0 fully saturated rings. The van der Waals surface area contributed by atoms with Crippen molar-refractivity contribution in [3.8, 4) is 5.75 Å². The van der Waals surface area contributed by atoms with E-state index >= 15 is 0 Å². The molecule has 1 atom stereocenters. The standard InChI is InChI=1S/C19H26N2O5/c1-12(17(23)20-18(24)21-19(2,3)4)26-16(22)11-25-15-9-8-13-6-5-7-14(13)10-15/h8-10,12H,5-7,11H2,1-4H3,(H2,20,21,23,24)/t12-/m1/s1. The van der Waals surface area contributed by atoms with Crippen LogP contribution >= 0.6 is 0 Å². The van der Waals surface area contributed by atoms with E-state index < -0.39 is 29.6 Å². The van der Waals surface area contributed by atoms with Crippen LogP contribution in [0, 0.1) is 0 Å². The Kier molecular flexibility index (Phi) is 6.23.